The molecular weight excluding hydrogens is 499 g/mol. The number of carbonyl (C=O) groups excluding carboxylic acids is 1. The Hall–Kier alpha value is -3.03. The SMILES string of the molecule is COc1cc(OC)c(Cl)c(CC(=O)N(C)c2cc(Cc3ccc(N4CCCCC4)cc3)ncn2)c1Cl. The molecule has 3 aromatic rings. The Balaban J connectivity index is 1.47. The number of anilines is 2. The number of piperidine rings is 1. The van der Waals surface area contributed by atoms with Crippen molar-refractivity contribution in [2.75, 3.05) is 44.2 Å². The largest absolute Gasteiger partial charge is 0.495 e. The first-order valence-electron chi connectivity index (χ1n) is 11.9. The van der Waals surface area contributed by atoms with Crippen molar-refractivity contribution in [2.24, 2.45) is 0 Å². The van der Waals surface area contributed by atoms with Crippen LogP contribution >= 0.6 is 23.2 Å². The summed E-state index contributed by atoms with van der Waals surface area (Å²) in [6, 6.07) is 12.0. The minimum atomic E-state index is -0.232. The monoisotopic (exact) mass is 528 g/mol. The maximum atomic E-state index is 13.1. The minimum Gasteiger partial charge on any atom is -0.495 e. The fourth-order valence-corrected chi connectivity index (χ4v) is 4.98. The molecule has 0 N–H and O–H groups in total. The van der Waals surface area contributed by atoms with Gasteiger partial charge < -0.3 is 14.4 Å². The van der Waals surface area contributed by atoms with Crippen molar-refractivity contribution in [3.05, 3.63) is 69.6 Å². The third-order valence-electron chi connectivity index (χ3n) is 6.46. The summed E-state index contributed by atoms with van der Waals surface area (Å²) in [4.78, 5) is 25.8. The molecule has 36 heavy (non-hydrogen) atoms. The van der Waals surface area contributed by atoms with E-state index in [-0.39, 0.29) is 22.4 Å². The number of carbonyl (C=O) groups is 1. The number of methoxy groups -OCH3 is 2. The van der Waals surface area contributed by atoms with Crippen LogP contribution in [0.4, 0.5) is 11.5 Å². The fourth-order valence-electron chi connectivity index (χ4n) is 4.34. The van der Waals surface area contributed by atoms with E-state index in [0.29, 0.717) is 29.3 Å². The second-order valence-electron chi connectivity index (χ2n) is 8.78. The number of hydrogen-bond donors (Lipinski definition) is 0. The second kappa shape index (κ2) is 11.8. The van der Waals surface area contributed by atoms with E-state index in [1.54, 1.807) is 13.1 Å². The molecule has 1 amide bonds. The second-order valence-corrected chi connectivity index (χ2v) is 9.53. The third-order valence-corrected chi connectivity index (χ3v) is 7.29. The Labute approximate surface area is 222 Å². The van der Waals surface area contributed by atoms with E-state index >= 15 is 0 Å². The predicted octanol–water partition coefficient (Wildman–Crippen LogP) is 5.59. The number of nitrogens with zero attached hydrogens (tertiary/aromatic N) is 4. The van der Waals surface area contributed by atoms with Gasteiger partial charge in [0.1, 0.15) is 23.6 Å². The molecule has 190 valence electrons. The van der Waals surface area contributed by atoms with E-state index in [9.17, 15) is 4.79 Å². The highest BCUT2D eigenvalue weighted by Gasteiger charge is 2.22. The Morgan fingerprint density at radius 1 is 0.972 bits per heavy atom. The minimum absolute atomic E-state index is 0.0426. The summed E-state index contributed by atoms with van der Waals surface area (Å²) in [5.41, 5.74) is 3.68. The highest BCUT2D eigenvalue weighted by Crippen LogP contribution is 2.40. The maximum Gasteiger partial charge on any atom is 0.232 e. The molecule has 4 rings (SSSR count). The Kier molecular flexibility index (Phi) is 8.54. The maximum absolute atomic E-state index is 13.1. The van der Waals surface area contributed by atoms with Gasteiger partial charge in [-0.15, -0.1) is 0 Å². The number of halogens is 2. The van der Waals surface area contributed by atoms with E-state index < -0.39 is 0 Å². The number of benzene rings is 2. The van der Waals surface area contributed by atoms with Crippen LogP contribution < -0.4 is 19.3 Å². The highest BCUT2D eigenvalue weighted by molar-refractivity contribution is 6.38. The number of likely N-dealkylation sites (N-methyl/N-ethyl adjacent to an activating group) is 1. The molecule has 2 heterocycles. The van der Waals surface area contributed by atoms with Crippen molar-refractivity contribution < 1.29 is 14.3 Å². The van der Waals surface area contributed by atoms with Crippen LogP contribution in [0.25, 0.3) is 0 Å². The molecule has 7 nitrogen and oxygen atoms in total. The molecule has 0 unspecified atom stereocenters. The summed E-state index contributed by atoms with van der Waals surface area (Å²) in [6.45, 7) is 2.24. The first-order chi connectivity index (χ1) is 17.4. The van der Waals surface area contributed by atoms with E-state index in [4.69, 9.17) is 32.7 Å². The molecular formula is C27H30Cl2N4O3. The summed E-state index contributed by atoms with van der Waals surface area (Å²) in [6.07, 6.45) is 5.89. The van der Waals surface area contributed by atoms with Crippen LogP contribution in [0.15, 0.2) is 42.7 Å². The van der Waals surface area contributed by atoms with Gasteiger partial charge in [0.05, 0.1) is 36.4 Å². The van der Waals surface area contributed by atoms with Crippen molar-refractivity contribution >= 4 is 40.6 Å². The van der Waals surface area contributed by atoms with E-state index in [2.05, 4.69) is 39.1 Å². The molecule has 0 aliphatic carbocycles. The topological polar surface area (TPSA) is 67.8 Å². The van der Waals surface area contributed by atoms with Gasteiger partial charge in [-0.2, -0.15) is 0 Å². The molecule has 1 aliphatic rings. The molecule has 0 bridgehead atoms. The Bertz CT molecular complexity index is 1190. The highest BCUT2D eigenvalue weighted by atomic mass is 35.5. The van der Waals surface area contributed by atoms with Crippen molar-refractivity contribution in [3.8, 4) is 11.5 Å². The van der Waals surface area contributed by atoms with Gasteiger partial charge in [-0.25, -0.2) is 9.97 Å². The van der Waals surface area contributed by atoms with Gasteiger partial charge in [0, 0.05) is 49.9 Å². The smallest absolute Gasteiger partial charge is 0.232 e. The van der Waals surface area contributed by atoms with Gasteiger partial charge in [0.15, 0.2) is 0 Å². The van der Waals surface area contributed by atoms with Crippen LogP contribution in [0.1, 0.15) is 36.1 Å². The van der Waals surface area contributed by atoms with Gasteiger partial charge >= 0.3 is 0 Å². The van der Waals surface area contributed by atoms with E-state index in [1.165, 1.54) is 50.4 Å². The van der Waals surface area contributed by atoms with Gasteiger partial charge in [-0.05, 0) is 37.0 Å². The molecule has 0 saturated carbocycles. The molecule has 2 aromatic carbocycles. The summed E-state index contributed by atoms with van der Waals surface area (Å²) in [5, 5.41) is 0.558. The molecule has 1 saturated heterocycles. The van der Waals surface area contributed by atoms with Crippen LogP contribution in [0, 0.1) is 0 Å². The Morgan fingerprint density at radius 3 is 2.22 bits per heavy atom. The zero-order valence-corrected chi connectivity index (χ0v) is 22.3. The first-order valence-corrected chi connectivity index (χ1v) is 12.7. The quantitative estimate of drug-likeness (QED) is 0.379. The molecule has 0 spiro atoms. The summed E-state index contributed by atoms with van der Waals surface area (Å²) < 4.78 is 10.6. The molecule has 0 radical (unpaired) electrons. The number of rotatable bonds is 8. The van der Waals surface area contributed by atoms with Gasteiger partial charge in [0.2, 0.25) is 5.91 Å². The molecule has 0 atom stereocenters. The van der Waals surface area contributed by atoms with Crippen molar-refractivity contribution in [1.82, 2.24) is 9.97 Å². The Morgan fingerprint density at radius 2 is 1.61 bits per heavy atom. The molecule has 1 aromatic heterocycles. The fraction of sp³-hybridized carbons (Fsp3) is 0.370. The zero-order chi connectivity index (χ0) is 25.7. The van der Waals surface area contributed by atoms with Crippen LogP contribution in [0.2, 0.25) is 10.0 Å². The zero-order valence-electron chi connectivity index (χ0n) is 20.8. The number of aromatic nitrogens is 2. The summed E-state index contributed by atoms with van der Waals surface area (Å²) in [7, 11) is 4.66. The van der Waals surface area contributed by atoms with E-state index in [0.717, 1.165) is 24.3 Å². The van der Waals surface area contributed by atoms with Crippen LogP contribution in [-0.2, 0) is 17.6 Å². The lowest BCUT2D eigenvalue weighted by molar-refractivity contribution is -0.117. The van der Waals surface area contributed by atoms with Crippen molar-refractivity contribution in [2.45, 2.75) is 32.1 Å². The lowest BCUT2D eigenvalue weighted by Gasteiger charge is -2.28. The van der Waals surface area contributed by atoms with Crippen molar-refractivity contribution in [1.29, 1.82) is 0 Å². The average Bonchev–Trinajstić information content (AvgIpc) is 2.92. The molecule has 9 heteroatoms. The van der Waals surface area contributed by atoms with Crippen molar-refractivity contribution in [3.63, 3.8) is 0 Å². The molecule has 1 fully saturated rings. The average molecular weight is 529 g/mol. The lowest BCUT2D eigenvalue weighted by atomic mass is 10.1. The van der Waals surface area contributed by atoms with Gasteiger partial charge in [-0.3, -0.25) is 9.69 Å². The summed E-state index contributed by atoms with van der Waals surface area (Å²) >= 11 is 12.9. The van der Waals surface area contributed by atoms with E-state index in [1.807, 2.05) is 6.07 Å². The third kappa shape index (κ3) is 5.85. The normalized spacial score (nSPS) is 13.4. The number of amides is 1. The first kappa shape index (κ1) is 26.0. The number of hydrogen-bond acceptors (Lipinski definition) is 6. The number of ether oxygens (including phenoxy) is 2. The van der Waals surface area contributed by atoms with Gasteiger partial charge in [0.25, 0.3) is 0 Å². The summed E-state index contributed by atoms with van der Waals surface area (Å²) in [5.74, 6) is 1.04. The van der Waals surface area contributed by atoms with Crippen LogP contribution in [-0.4, -0.2) is 50.2 Å². The van der Waals surface area contributed by atoms with Crippen LogP contribution in [0.3, 0.4) is 0 Å². The predicted molar refractivity (Wildman–Crippen MR) is 144 cm³/mol. The van der Waals surface area contributed by atoms with Crippen LogP contribution in [0.5, 0.6) is 11.5 Å². The molecule has 1 aliphatic heterocycles. The lowest BCUT2D eigenvalue weighted by Crippen LogP contribution is -2.29. The van der Waals surface area contributed by atoms with Gasteiger partial charge in [-0.1, -0.05) is 35.3 Å². The standard InChI is InChI=1S/C27H30Cl2N4O3/c1-32(25(34)15-21-26(28)22(35-2)16-23(36-3)27(21)29)24-14-19(30-17-31-24)13-18-7-9-20(10-8-18)33-11-5-4-6-12-33/h7-10,14,16-17H,4-6,11-13,15H2,1-3H3.